The van der Waals surface area contributed by atoms with E-state index >= 15 is 0 Å². The third-order valence-corrected chi connectivity index (χ3v) is 1.72. The van der Waals surface area contributed by atoms with E-state index in [1.807, 2.05) is 0 Å². The molecule has 0 spiro atoms. The van der Waals surface area contributed by atoms with Gasteiger partial charge in [-0.3, -0.25) is 0 Å². The van der Waals surface area contributed by atoms with Gasteiger partial charge in [0.05, 0.1) is 22.4 Å². The molecule has 0 atom stereocenters. The summed E-state index contributed by atoms with van der Waals surface area (Å²) in [4.78, 5) is 16.0. The minimum atomic E-state index is -0.255. The Morgan fingerprint density at radius 2 is 1.29 bits per heavy atom. The largest absolute Gasteiger partial charge is 0.397 e. The molecule has 14 heavy (non-hydrogen) atoms. The molecule has 0 aliphatic heterocycles. The van der Waals surface area contributed by atoms with Crippen molar-refractivity contribution in [1.29, 1.82) is 0 Å². The number of nitrogen functional groups attached to an aromatic ring is 2. The van der Waals surface area contributed by atoms with Crippen LogP contribution in [-0.4, -0.2) is 9.97 Å². The van der Waals surface area contributed by atoms with Crippen molar-refractivity contribution in [1.82, 2.24) is 9.97 Å². The number of benzene rings is 1. The molecule has 2 rings (SSSR count). The van der Waals surface area contributed by atoms with Gasteiger partial charge in [0.2, 0.25) is 0 Å². The van der Waals surface area contributed by atoms with Gasteiger partial charge in [-0.05, 0) is 12.1 Å². The molecule has 1 heterocycles. The van der Waals surface area contributed by atoms with Crippen molar-refractivity contribution in [3.63, 3.8) is 0 Å². The average Bonchev–Trinajstić information content (AvgIpc) is 2.30. The number of imidazole rings is 1. The molecule has 0 saturated carbocycles. The van der Waals surface area contributed by atoms with Gasteiger partial charge in [-0.15, -0.1) is 24.8 Å². The Morgan fingerprint density at radius 1 is 0.929 bits per heavy atom. The molecule has 6 N–H and O–H groups in total. The van der Waals surface area contributed by atoms with E-state index in [0.717, 1.165) is 0 Å². The van der Waals surface area contributed by atoms with Gasteiger partial charge < -0.3 is 21.4 Å². The molecule has 1 aromatic heterocycles. The van der Waals surface area contributed by atoms with Gasteiger partial charge in [-0.25, -0.2) is 4.79 Å². The number of nitrogens with one attached hydrogen (secondary N) is 2. The average molecular weight is 237 g/mol. The summed E-state index contributed by atoms with van der Waals surface area (Å²) < 4.78 is 0. The standard InChI is InChI=1S/C7H8N4O.2ClH/c8-3-1-5-6(2-4(3)9)11-7(12)10-5;;/h1-2H,8-9H2,(H2,10,11,12);2*1H. The number of aromatic nitrogens is 2. The number of H-pyrrole nitrogens is 2. The monoisotopic (exact) mass is 236 g/mol. The number of hydrogen-bond donors (Lipinski definition) is 4. The molecule has 0 aliphatic carbocycles. The normalized spacial score (nSPS) is 9.14. The fraction of sp³-hybridized carbons (Fsp3) is 0. The van der Waals surface area contributed by atoms with Crippen molar-refractivity contribution in [3.8, 4) is 0 Å². The van der Waals surface area contributed by atoms with Crippen LogP contribution in [0.15, 0.2) is 16.9 Å². The van der Waals surface area contributed by atoms with E-state index in [2.05, 4.69) is 9.97 Å². The number of halogens is 2. The van der Waals surface area contributed by atoms with E-state index in [0.29, 0.717) is 22.4 Å². The van der Waals surface area contributed by atoms with Gasteiger partial charge in [0.15, 0.2) is 0 Å². The number of nitrogens with two attached hydrogens (primary N) is 2. The van der Waals surface area contributed by atoms with E-state index in [1.165, 1.54) is 0 Å². The first kappa shape index (κ1) is 12.7. The van der Waals surface area contributed by atoms with Crippen LogP contribution in [0.5, 0.6) is 0 Å². The Hall–Kier alpha value is -1.33. The Bertz CT molecular complexity index is 448. The number of anilines is 2. The lowest BCUT2D eigenvalue weighted by atomic mass is 10.2. The maximum Gasteiger partial charge on any atom is 0.323 e. The van der Waals surface area contributed by atoms with Crippen LogP contribution in [0.25, 0.3) is 11.0 Å². The van der Waals surface area contributed by atoms with Crippen molar-refractivity contribution >= 4 is 47.2 Å². The Balaban J connectivity index is 0.000000845. The predicted molar refractivity (Wildman–Crippen MR) is 62.2 cm³/mol. The summed E-state index contributed by atoms with van der Waals surface area (Å²) in [5.41, 5.74) is 13.1. The second-order valence-electron chi connectivity index (χ2n) is 2.61. The summed E-state index contributed by atoms with van der Waals surface area (Å²) in [5.74, 6) is 0. The molecule has 0 radical (unpaired) electrons. The van der Waals surface area contributed by atoms with Gasteiger partial charge >= 0.3 is 5.69 Å². The molecule has 78 valence electrons. The molecule has 0 bridgehead atoms. The van der Waals surface area contributed by atoms with E-state index in [4.69, 9.17) is 11.5 Å². The lowest BCUT2D eigenvalue weighted by molar-refractivity contribution is 1.22. The van der Waals surface area contributed by atoms with Gasteiger partial charge in [0.25, 0.3) is 0 Å². The van der Waals surface area contributed by atoms with Gasteiger partial charge in [-0.2, -0.15) is 0 Å². The van der Waals surface area contributed by atoms with E-state index < -0.39 is 0 Å². The number of hydrogen-bond acceptors (Lipinski definition) is 3. The fourth-order valence-electron chi connectivity index (χ4n) is 1.12. The molecule has 5 nitrogen and oxygen atoms in total. The minimum Gasteiger partial charge on any atom is -0.397 e. The van der Waals surface area contributed by atoms with Crippen LogP contribution in [0.1, 0.15) is 0 Å². The Labute approximate surface area is 91.7 Å². The highest BCUT2D eigenvalue weighted by atomic mass is 35.5. The third kappa shape index (κ3) is 1.94. The maximum atomic E-state index is 10.8. The molecule has 7 heteroatoms. The minimum absolute atomic E-state index is 0. The molecule has 0 aliphatic rings. The zero-order chi connectivity index (χ0) is 8.72. The highest BCUT2D eigenvalue weighted by Crippen LogP contribution is 2.19. The lowest BCUT2D eigenvalue weighted by Crippen LogP contribution is -1.99. The summed E-state index contributed by atoms with van der Waals surface area (Å²) >= 11 is 0. The van der Waals surface area contributed by atoms with Crippen LogP contribution >= 0.6 is 24.8 Å². The van der Waals surface area contributed by atoms with Crippen molar-refractivity contribution in [3.05, 3.63) is 22.6 Å². The lowest BCUT2D eigenvalue weighted by Gasteiger charge is -1.97. The maximum absolute atomic E-state index is 10.8. The molecular formula is C7H10Cl2N4O. The van der Waals surface area contributed by atoms with Crippen LogP contribution in [0, 0.1) is 0 Å². The summed E-state index contributed by atoms with van der Waals surface area (Å²) in [6.45, 7) is 0. The third-order valence-electron chi connectivity index (χ3n) is 1.72. The number of aromatic amines is 2. The van der Waals surface area contributed by atoms with Crippen LogP contribution in [0.2, 0.25) is 0 Å². The smallest absolute Gasteiger partial charge is 0.323 e. The second kappa shape index (κ2) is 4.26. The summed E-state index contributed by atoms with van der Waals surface area (Å²) in [7, 11) is 0. The second-order valence-corrected chi connectivity index (χ2v) is 2.61. The van der Waals surface area contributed by atoms with Crippen molar-refractivity contribution in [2.24, 2.45) is 0 Å². The first-order chi connectivity index (χ1) is 5.66. The molecule has 0 unspecified atom stereocenters. The van der Waals surface area contributed by atoms with Gasteiger partial charge in [-0.1, -0.05) is 0 Å². The zero-order valence-corrected chi connectivity index (χ0v) is 8.67. The van der Waals surface area contributed by atoms with Crippen LogP contribution in [0.3, 0.4) is 0 Å². The van der Waals surface area contributed by atoms with E-state index in [9.17, 15) is 4.79 Å². The SMILES string of the molecule is Cl.Cl.Nc1cc2[nH]c(=O)[nH]c2cc1N. The topological polar surface area (TPSA) is 101 Å². The van der Waals surface area contributed by atoms with Gasteiger partial charge in [0, 0.05) is 0 Å². The highest BCUT2D eigenvalue weighted by molar-refractivity contribution is 5.86. The summed E-state index contributed by atoms with van der Waals surface area (Å²) in [6, 6.07) is 3.26. The van der Waals surface area contributed by atoms with Crippen LogP contribution in [-0.2, 0) is 0 Å². The molecule has 2 aromatic rings. The predicted octanol–water partition coefficient (Wildman–Crippen LogP) is 0.864. The first-order valence-corrected chi connectivity index (χ1v) is 3.44. The van der Waals surface area contributed by atoms with Gasteiger partial charge in [0.1, 0.15) is 0 Å². The highest BCUT2D eigenvalue weighted by Gasteiger charge is 2.00. The van der Waals surface area contributed by atoms with Crippen molar-refractivity contribution in [2.45, 2.75) is 0 Å². The molecule has 0 saturated heterocycles. The number of rotatable bonds is 0. The quantitative estimate of drug-likeness (QED) is 0.511. The first-order valence-electron chi connectivity index (χ1n) is 3.44. The zero-order valence-electron chi connectivity index (χ0n) is 7.03. The van der Waals surface area contributed by atoms with Crippen LogP contribution in [0.4, 0.5) is 11.4 Å². The van der Waals surface area contributed by atoms with Crippen molar-refractivity contribution in [2.75, 3.05) is 11.5 Å². The molecule has 0 amide bonds. The summed E-state index contributed by atoms with van der Waals surface area (Å²) in [6.07, 6.45) is 0. The molecular weight excluding hydrogens is 227 g/mol. The molecule has 1 aromatic carbocycles. The summed E-state index contributed by atoms with van der Waals surface area (Å²) in [5, 5.41) is 0. The van der Waals surface area contributed by atoms with E-state index in [1.54, 1.807) is 12.1 Å². The molecule has 0 fully saturated rings. The Kier molecular flexibility index (Phi) is 3.85. The van der Waals surface area contributed by atoms with Crippen molar-refractivity contribution < 1.29 is 0 Å². The fourth-order valence-corrected chi connectivity index (χ4v) is 1.12. The number of fused-ring (bicyclic) bond motifs is 1. The Morgan fingerprint density at radius 3 is 1.64 bits per heavy atom. The van der Waals surface area contributed by atoms with Crippen LogP contribution < -0.4 is 17.2 Å². The van der Waals surface area contributed by atoms with E-state index in [-0.39, 0.29) is 30.5 Å².